The van der Waals surface area contributed by atoms with Crippen molar-refractivity contribution in [2.24, 2.45) is 0 Å². The molecule has 3 heteroatoms. The van der Waals surface area contributed by atoms with Crippen molar-refractivity contribution in [1.29, 1.82) is 0 Å². The van der Waals surface area contributed by atoms with Crippen LogP contribution in [0.25, 0.3) is 0 Å². The Morgan fingerprint density at radius 2 is 1.95 bits per heavy atom. The van der Waals surface area contributed by atoms with Gasteiger partial charge in [0, 0.05) is 23.7 Å². The molecule has 2 unspecified atom stereocenters. The van der Waals surface area contributed by atoms with E-state index in [0.717, 1.165) is 23.2 Å². The van der Waals surface area contributed by atoms with Gasteiger partial charge < -0.3 is 10.1 Å². The third-order valence-corrected chi connectivity index (χ3v) is 3.91. The highest BCUT2D eigenvalue weighted by atomic mass is 19.1. The van der Waals surface area contributed by atoms with Crippen LogP contribution in [-0.4, -0.2) is 13.2 Å². The molecule has 1 heterocycles. The number of ether oxygens (including phenoxy) is 1. The molecule has 1 N–H and O–H groups in total. The second-order valence-electron chi connectivity index (χ2n) is 5.31. The summed E-state index contributed by atoms with van der Waals surface area (Å²) in [6.07, 6.45) is 0.889. The van der Waals surface area contributed by atoms with Crippen LogP contribution in [0.3, 0.4) is 0 Å². The minimum atomic E-state index is -0.196. The summed E-state index contributed by atoms with van der Waals surface area (Å²) in [5, 5.41) is 3.45. The monoisotopic (exact) mass is 271 g/mol. The summed E-state index contributed by atoms with van der Waals surface area (Å²) in [5.74, 6) is 0.452. The van der Waals surface area contributed by atoms with Crippen molar-refractivity contribution in [2.45, 2.75) is 25.3 Å². The van der Waals surface area contributed by atoms with Crippen molar-refractivity contribution in [2.75, 3.05) is 12.4 Å². The molecule has 0 saturated carbocycles. The van der Waals surface area contributed by atoms with E-state index in [0.29, 0.717) is 11.8 Å². The zero-order valence-electron chi connectivity index (χ0n) is 11.7. The summed E-state index contributed by atoms with van der Waals surface area (Å²) in [6, 6.07) is 13.6. The third kappa shape index (κ3) is 2.24. The number of benzene rings is 2. The average Bonchev–Trinajstić information content (AvgIpc) is 2.46. The predicted molar refractivity (Wildman–Crippen MR) is 78.9 cm³/mol. The van der Waals surface area contributed by atoms with Crippen LogP contribution in [0.15, 0.2) is 42.5 Å². The maximum atomic E-state index is 14.3. The first kappa shape index (κ1) is 13.0. The molecule has 0 spiro atoms. The van der Waals surface area contributed by atoms with Crippen LogP contribution in [-0.2, 0) is 0 Å². The molecule has 0 aliphatic carbocycles. The molecule has 2 aromatic carbocycles. The highest BCUT2D eigenvalue weighted by molar-refractivity contribution is 5.58. The van der Waals surface area contributed by atoms with Crippen LogP contribution in [0, 0.1) is 5.82 Å². The number of methoxy groups -OCH3 is 1. The van der Waals surface area contributed by atoms with Crippen LogP contribution in [0.1, 0.15) is 30.4 Å². The summed E-state index contributed by atoms with van der Waals surface area (Å²) >= 11 is 0. The molecule has 2 nitrogen and oxygen atoms in total. The molecule has 20 heavy (non-hydrogen) atoms. The quantitative estimate of drug-likeness (QED) is 0.885. The second-order valence-corrected chi connectivity index (χ2v) is 5.31. The van der Waals surface area contributed by atoms with Crippen LogP contribution < -0.4 is 10.1 Å². The molecule has 0 bridgehead atoms. The lowest BCUT2D eigenvalue weighted by molar-refractivity contribution is 0.410. The van der Waals surface area contributed by atoms with Gasteiger partial charge in [-0.1, -0.05) is 24.3 Å². The number of rotatable bonds is 2. The van der Waals surface area contributed by atoms with E-state index in [1.165, 1.54) is 6.07 Å². The molecule has 0 saturated heterocycles. The average molecular weight is 271 g/mol. The van der Waals surface area contributed by atoms with E-state index in [2.05, 4.69) is 24.4 Å². The normalized spacial score (nSPS) is 20.9. The fourth-order valence-corrected chi connectivity index (χ4v) is 2.95. The van der Waals surface area contributed by atoms with Gasteiger partial charge in [0.05, 0.1) is 7.11 Å². The Bertz CT molecular complexity index is 626. The van der Waals surface area contributed by atoms with Crippen LogP contribution in [0.2, 0.25) is 0 Å². The Hall–Kier alpha value is -2.03. The highest BCUT2D eigenvalue weighted by Gasteiger charge is 2.27. The van der Waals surface area contributed by atoms with E-state index >= 15 is 0 Å². The minimum Gasteiger partial charge on any atom is -0.497 e. The van der Waals surface area contributed by atoms with Crippen molar-refractivity contribution >= 4 is 5.69 Å². The van der Waals surface area contributed by atoms with Crippen molar-refractivity contribution in [3.63, 3.8) is 0 Å². The van der Waals surface area contributed by atoms with E-state index in [-0.39, 0.29) is 11.7 Å². The summed E-state index contributed by atoms with van der Waals surface area (Å²) in [4.78, 5) is 0. The van der Waals surface area contributed by atoms with E-state index in [4.69, 9.17) is 4.74 Å². The summed E-state index contributed by atoms with van der Waals surface area (Å²) in [6.45, 7) is 2.13. The molecular weight excluding hydrogens is 253 g/mol. The molecule has 0 radical (unpaired) electrons. The first-order valence-electron chi connectivity index (χ1n) is 6.88. The zero-order chi connectivity index (χ0) is 14.1. The second kappa shape index (κ2) is 5.16. The Kier molecular flexibility index (Phi) is 3.35. The Morgan fingerprint density at radius 3 is 2.70 bits per heavy atom. The molecule has 2 aromatic rings. The Labute approximate surface area is 118 Å². The SMILES string of the molecule is COc1ccc(C2CC(C)Nc3ccccc32)c(F)c1. The number of anilines is 1. The smallest absolute Gasteiger partial charge is 0.130 e. The summed E-state index contributed by atoms with van der Waals surface area (Å²) in [7, 11) is 1.55. The molecule has 0 aromatic heterocycles. The van der Waals surface area contributed by atoms with E-state index in [1.54, 1.807) is 7.11 Å². The first-order chi connectivity index (χ1) is 9.69. The number of hydrogen-bond donors (Lipinski definition) is 1. The van der Waals surface area contributed by atoms with Crippen molar-refractivity contribution in [3.8, 4) is 5.75 Å². The van der Waals surface area contributed by atoms with Gasteiger partial charge in [0.1, 0.15) is 11.6 Å². The number of para-hydroxylation sites is 1. The maximum Gasteiger partial charge on any atom is 0.130 e. The predicted octanol–water partition coefficient (Wildman–Crippen LogP) is 4.17. The lowest BCUT2D eigenvalue weighted by Gasteiger charge is -2.32. The maximum absolute atomic E-state index is 14.3. The van der Waals surface area contributed by atoms with Crippen LogP contribution >= 0.6 is 0 Å². The van der Waals surface area contributed by atoms with Gasteiger partial charge in [-0.15, -0.1) is 0 Å². The van der Waals surface area contributed by atoms with E-state index in [9.17, 15) is 4.39 Å². The number of halogens is 1. The van der Waals surface area contributed by atoms with Crippen molar-refractivity contribution < 1.29 is 9.13 Å². The van der Waals surface area contributed by atoms with Gasteiger partial charge in [-0.3, -0.25) is 0 Å². The Balaban J connectivity index is 2.06. The van der Waals surface area contributed by atoms with Crippen molar-refractivity contribution in [1.82, 2.24) is 0 Å². The van der Waals surface area contributed by atoms with Crippen molar-refractivity contribution in [3.05, 3.63) is 59.4 Å². The fraction of sp³-hybridized carbons (Fsp3) is 0.294. The molecule has 104 valence electrons. The molecular formula is C17H18FNO. The molecule has 2 atom stereocenters. The van der Waals surface area contributed by atoms with Gasteiger partial charge in [0.25, 0.3) is 0 Å². The molecule has 0 amide bonds. The van der Waals surface area contributed by atoms with Crippen LogP contribution in [0.5, 0.6) is 5.75 Å². The molecule has 1 aliphatic rings. The number of hydrogen-bond acceptors (Lipinski definition) is 2. The largest absolute Gasteiger partial charge is 0.497 e. The highest BCUT2D eigenvalue weighted by Crippen LogP contribution is 2.39. The minimum absolute atomic E-state index is 0.0911. The lowest BCUT2D eigenvalue weighted by atomic mass is 9.82. The topological polar surface area (TPSA) is 21.3 Å². The Morgan fingerprint density at radius 1 is 1.15 bits per heavy atom. The van der Waals surface area contributed by atoms with Crippen LogP contribution in [0.4, 0.5) is 10.1 Å². The van der Waals surface area contributed by atoms with Gasteiger partial charge in [-0.25, -0.2) is 4.39 Å². The fourth-order valence-electron chi connectivity index (χ4n) is 2.95. The number of fused-ring (bicyclic) bond motifs is 1. The first-order valence-corrected chi connectivity index (χ1v) is 6.88. The molecule has 0 fully saturated rings. The summed E-state index contributed by atoms with van der Waals surface area (Å²) < 4.78 is 19.4. The molecule has 1 aliphatic heterocycles. The molecule has 3 rings (SSSR count). The van der Waals surface area contributed by atoms with Gasteiger partial charge in [0.15, 0.2) is 0 Å². The summed E-state index contributed by atoms with van der Waals surface area (Å²) in [5.41, 5.74) is 3.01. The van der Waals surface area contributed by atoms with Gasteiger partial charge in [-0.2, -0.15) is 0 Å². The zero-order valence-corrected chi connectivity index (χ0v) is 11.7. The number of nitrogens with one attached hydrogen (secondary N) is 1. The van der Waals surface area contributed by atoms with E-state index in [1.807, 2.05) is 24.3 Å². The standard InChI is InChI=1S/C17H18FNO/c1-11-9-15(14-5-3-4-6-17(14)19-11)13-8-7-12(20-2)10-16(13)18/h3-8,10-11,15,19H,9H2,1-2H3. The third-order valence-electron chi connectivity index (χ3n) is 3.91. The van der Waals surface area contributed by atoms with Gasteiger partial charge in [0.2, 0.25) is 0 Å². The van der Waals surface area contributed by atoms with Gasteiger partial charge >= 0.3 is 0 Å². The van der Waals surface area contributed by atoms with E-state index < -0.39 is 0 Å². The lowest BCUT2D eigenvalue weighted by Crippen LogP contribution is -2.26. The van der Waals surface area contributed by atoms with Gasteiger partial charge in [-0.05, 0) is 36.6 Å².